The number of rotatable bonds is 5. The minimum atomic E-state index is 0.139. The molecular weight excluding hydrogens is 264 g/mol. The van der Waals surface area contributed by atoms with E-state index in [1.165, 1.54) is 11.3 Å². The fourth-order valence-electron chi connectivity index (χ4n) is 2.57. The van der Waals surface area contributed by atoms with Gasteiger partial charge in [0.15, 0.2) is 0 Å². The van der Waals surface area contributed by atoms with Gasteiger partial charge in [0.2, 0.25) is 0 Å². The molecule has 1 atom stereocenters. The van der Waals surface area contributed by atoms with Crippen molar-refractivity contribution in [3.8, 4) is 5.75 Å². The predicted molar refractivity (Wildman–Crippen MR) is 87.3 cm³/mol. The average molecular weight is 292 g/mol. The fraction of sp³-hybridized carbons (Fsp3) is 0.647. The van der Waals surface area contributed by atoms with Gasteiger partial charge in [-0.25, -0.2) is 0 Å². The second-order valence-electron chi connectivity index (χ2n) is 6.71. The van der Waals surface area contributed by atoms with Gasteiger partial charge in [0.25, 0.3) is 0 Å². The maximum Gasteiger partial charge on any atom is 0.143 e. The highest BCUT2D eigenvalue weighted by atomic mass is 16.5. The molecule has 2 N–H and O–H groups in total. The summed E-state index contributed by atoms with van der Waals surface area (Å²) < 4.78 is 11.5. The van der Waals surface area contributed by atoms with E-state index in [9.17, 15) is 0 Å². The second kappa shape index (κ2) is 6.67. The Labute approximate surface area is 128 Å². The summed E-state index contributed by atoms with van der Waals surface area (Å²) in [7, 11) is 0. The van der Waals surface area contributed by atoms with Crippen molar-refractivity contribution in [2.24, 2.45) is 5.73 Å². The Bertz CT molecular complexity index is 468. The third kappa shape index (κ3) is 4.11. The van der Waals surface area contributed by atoms with Gasteiger partial charge in [-0.2, -0.15) is 0 Å². The summed E-state index contributed by atoms with van der Waals surface area (Å²) in [4.78, 5) is 2.36. The summed E-state index contributed by atoms with van der Waals surface area (Å²) in [5.41, 5.74) is 8.10. The van der Waals surface area contributed by atoms with E-state index in [1.807, 2.05) is 0 Å². The molecule has 0 fully saturated rings. The van der Waals surface area contributed by atoms with Crippen LogP contribution in [-0.2, 0) is 10.2 Å². The molecular formula is C17H28N2O2. The third-order valence-electron chi connectivity index (χ3n) is 3.74. The van der Waals surface area contributed by atoms with Crippen LogP contribution in [-0.4, -0.2) is 39.0 Å². The maximum atomic E-state index is 5.95. The molecule has 0 spiro atoms. The quantitative estimate of drug-likeness (QED) is 0.847. The number of fused-ring (bicyclic) bond motifs is 1. The Hall–Kier alpha value is -1.26. The third-order valence-corrected chi connectivity index (χ3v) is 3.74. The summed E-state index contributed by atoms with van der Waals surface area (Å²) in [5, 5.41) is 0. The fourth-order valence-corrected chi connectivity index (χ4v) is 2.57. The monoisotopic (exact) mass is 292 g/mol. The lowest BCUT2D eigenvalue weighted by atomic mass is 9.86. The van der Waals surface area contributed by atoms with Crippen molar-refractivity contribution < 1.29 is 9.47 Å². The first-order valence-electron chi connectivity index (χ1n) is 7.76. The standard InChI is InChI=1S/C17H28N2O2/c1-13-12-19(8-10-20-9-7-18)15-11-14(17(2,3)4)5-6-16(15)21-13/h5-6,11,13H,7-10,12,18H2,1-4H3. The molecule has 1 aliphatic heterocycles. The van der Waals surface area contributed by atoms with Gasteiger partial charge >= 0.3 is 0 Å². The van der Waals surface area contributed by atoms with Gasteiger partial charge < -0.3 is 20.1 Å². The molecule has 1 aliphatic rings. The molecule has 0 bridgehead atoms. The van der Waals surface area contributed by atoms with Crippen molar-refractivity contribution in [1.29, 1.82) is 0 Å². The highest BCUT2D eigenvalue weighted by Crippen LogP contribution is 2.37. The van der Waals surface area contributed by atoms with Crippen LogP contribution in [0.25, 0.3) is 0 Å². The van der Waals surface area contributed by atoms with Crippen molar-refractivity contribution in [2.75, 3.05) is 37.7 Å². The van der Waals surface area contributed by atoms with Gasteiger partial charge in [0.1, 0.15) is 11.9 Å². The molecule has 1 heterocycles. The predicted octanol–water partition coefficient (Wildman–Crippen LogP) is 2.55. The van der Waals surface area contributed by atoms with Crippen LogP contribution in [0.5, 0.6) is 5.75 Å². The lowest BCUT2D eigenvalue weighted by molar-refractivity contribution is 0.142. The van der Waals surface area contributed by atoms with Crippen molar-refractivity contribution in [1.82, 2.24) is 0 Å². The topological polar surface area (TPSA) is 47.7 Å². The number of benzene rings is 1. The van der Waals surface area contributed by atoms with E-state index in [4.69, 9.17) is 15.2 Å². The molecule has 4 heteroatoms. The van der Waals surface area contributed by atoms with Crippen LogP contribution in [0.4, 0.5) is 5.69 Å². The maximum absolute atomic E-state index is 5.95. The average Bonchev–Trinajstić information content (AvgIpc) is 2.41. The van der Waals surface area contributed by atoms with Gasteiger partial charge in [-0.05, 0) is 30.0 Å². The van der Waals surface area contributed by atoms with Crippen LogP contribution in [0.1, 0.15) is 33.3 Å². The molecule has 21 heavy (non-hydrogen) atoms. The van der Waals surface area contributed by atoms with Gasteiger partial charge in [-0.1, -0.05) is 26.8 Å². The molecule has 0 aromatic heterocycles. The SMILES string of the molecule is CC1CN(CCOCCN)c2cc(C(C)(C)C)ccc2O1. The van der Waals surface area contributed by atoms with E-state index in [1.54, 1.807) is 0 Å². The normalized spacial score (nSPS) is 18.3. The minimum Gasteiger partial charge on any atom is -0.487 e. The summed E-state index contributed by atoms with van der Waals surface area (Å²) in [5.74, 6) is 0.973. The highest BCUT2D eigenvalue weighted by Gasteiger charge is 2.25. The van der Waals surface area contributed by atoms with Crippen LogP contribution in [0.2, 0.25) is 0 Å². The zero-order valence-electron chi connectivity index (χ0n) is 13.7. The molecule has 1 aromatic carbocycles. The molecule has 0 amide bonds. The summed E-state index contributed by atoms with van der Waals surface area (Å²) in [6, 6.07) is 6.52. The van der Waals surface area contributed by atoms with E-state index >= 15 is 0 Å². The van der Waals surface area contributed by atoms with Crippen LogP contribution in [0.3, 0.4) is 0 Å². The van der Waals surface area contributed by atoms with Gasteiger partial charge in [-0.3, -0.25) is 0 Å². The van der Waals surface area contributed by atoms with Crippen molar-refractivity contribution in [2.45, 2.75) is 39.2 Å². The molecule has 0 radical (unpaired) electrons. The zero-order valence-corrected chi connectivity index (χ0v) is 13.7. The molecule has 4 nitrogen and oxygen atoms in total. The summed E-state index contributed by atoms with van der Waals surface area (Å²) in [6.07, 6.45) is 0.201. The van der Waals surface area contributed by atoms with Crippen LogP contribution < -0.4 is 15.4 Å². The van der Waals surface area contributed by atoms with Crippen molar-refractivity contribution in [3.63, 3.8) is 0 Å². The smallest absolute Gasteiger partial charge is 0.143 e. The van der Waals surface area contributed by atoms with E-state index in [0.717, 1.165) is 18.8 Å². The first-order chi connectivity index (χ1) is 9.91. The molecule has 0 saturated carbocycles. The number of ether oxygens (including phenoxy) is 2. The van der Waals surface area contributed by atoms with E-state index < -0.39 is 0 Å². The van der Waals surface area contributed by atoms with Crippen LogP contribution in [0.15, 0.2) is 18.2 Å². The molecule has 0 saturated heterocycles. The van der Waals surface area contributed by atoms with Gasteiger partial charge in [-0.15, -0.1) is 0 Å². The highest BCUT2D eigenvalue weighted by molar-refractivity contribution is 5.62. The largest absolute Gasteiger partial charge is 0.487 e. The van der Waals surface area contributed by atoms with Crippen molar-refractivity contribution in [3.05, 3.63) is 23.8 Å². The Kier molecular flexibility index (Phi) is 5.12. The summed E-state index contributed by atoms with van der Waals surface area (Å²) >= 11 is 0. The van der Waals surface area contributed by atoms with Crippen molar-refractivity contribution >= 4 is 5.69 Å². The number of nitrogens with two attached hydrogens (primary N) is 1. The first-order valence-corrected chi connectivity index (χ1v) is 7.76. The lowest BCUT2D eigenvalue weighted by Crippen LogP contribution is -2.40. The second-order valence-corrected chi connectivity index (χ2v) is 6.71. The molecule has 2 rings (SSSR count). The van der Waals surface area contributed by atoms with Crippen LogP contribution in [0, 0.1) is 0 Å². The van der Waals surface area contributed by atoms with Gasteiger partial charge in [0.05, 0.1) is 25.4 Å². The molecule has 118 valence electrons. The van der Waals surface area contributed by atoms with E-state index in [0.29, 0.717) is 19.8 Å². The number of nitrogens with zero attached hydrogens (tertiary/aromatic N) is 1. The first kappa shape index (κ1) is 16.1. The van der Waals surface area contributed by atoms with Crippen LogP contribution >= 0.6 is 0 Å². The van der Waals surface area contributed by atoms with E-state index in [2.05, 4.69) is 50.8 Å². The Morgan fingerprint density at radius 3 is 2.76 bits per heavy atom. The minimum absolute atomic E-state index is 0.139. The molecule has 1 aromatic rings. The summed E-state index contributed by atoms with van der Waals surface area (Å²) in [6.45, 7) is 12.5. The number of hydrogen-bond donors (Lipinski definition) is 1. The Balaban J connectivity index is 2.17. The van der Waals surface area contributed by atoms with E-state index in [-0.39, 0.29) is 11.5 Å². The zero-order chi connectivity index (χ0) is 15.5. The Morgan fingerprint density at radius 2 is 2.10 bits per heavy atom. The van der Waals surface area contributed by atoms with Gasteiger partial charge in [0, 0.05) is 13.1 Å². The molecule has 0 aliphatic carbocycles. The molecule has 1 unspecified atom stereocenters. The number of anilines is 1. The Morgan fingerprint density at radius 1 is 1.33 bits per heavy atom. The lowest BCUT2D eigenvalue weighted by Gasteiger charge is -2.36. The number of hydrogen-bond acceptors (Lipinski definition) is 4.